The van der Waals surface area contributed by atoms with Crippen LogP contribution in [-0.4, -0.2) is 11.7 Å². The molecule has 84 valence electrons. The lowest BCUT2D eigenvalue weighted by Gasteiger charge is -2.10. The van der Waals surface area contributed by atoms with Crippen molar-refractivity contribution in [3.8, 4) is 11.3 Å². The van der Waals surface area contributed by atoms with Crippen molar-refractivity contribution < 1.29 is 4.52 Å². The Morgan fingerprint density at radius 2 is 2.44 bits per heavy atom. The van der Waals surface area contributed by atoms with Crippen LogP contribution in [0.2, 0.25) is 0 Å². The molecule has 0 amide bonds. The van der Waals surface area contributed by atoms with Crippen LogP contribution in [0.15, 0.2) is 16.0 Å². The van der Waals surface area contributed by atoms with Gasteiger partial charge < -0.3 is 9.84 Å². The molecule has 3 rings (SSSR count). The van der Waals surface area contributed by atoms with E-state index in [1.54, 1.807) is 0 Å². The van der Waals surface area contributed by atoms with Gasteiger partial charge in [-0.1, -0.05) is 12.1 Å². The molecule has 1 aliphatic rings. The summed E-state index contributed by atoms with van der Waals surface area (Å²) in [6.45, 7) is 3.88. The number of hydrogen-bond donors (Lipinski definition) is 1. The van der Waals surface area contributed by atoms with E-state index < -0.39 is 0 Å². The fourth-order valence-corrected chi connectivity index (χ4v) is 3.04. The quantitative estimate of drug-likeness (QED) is 0.887. The predicted octanol–water partition coefficient (Wildman–Crippen LogP) is 2.61. The van der Waals surface area contributed by atoms with Crippen molar-refractivity contribution in [1.29, 1.82) is 0 Å². The molecule has 1 aliphatic carbocycles. The number of nitrogens with one attached hydrogen (secondary N) is 1. The summed E-state index contributed by atoms with van der Waals surface area (Å²) in [6, 6.07) is 2.14. The molecule has 4 heteroatoms. The molecule has 0 unspecified atom stereocenters. The maximum absolute atomic E-state index is 5.49. The summed E-state index contributed by atoms with van der Waals surface area (Å²) in [5, 5.41) is 9.61. The summed E-state index contributed by atoms with van der Waals surface area (Å²) in [5.41, 5.74) is 3.63. The van der Waals surface area contributed by atoms with Gasteiger partial charge in [0.15, 0.2) is 5.76 Å². The van der Waals surface area contributed by atoms with Gasteiger partial charge in [0.1, 0.15) is 5.69 Å². The van der Waals surface area contributed by atoms with Gasteiger partial charge >= 0.3 is 0 Å². The van der Waals surface area contributed by atoms with E-state index in [4.69, 9.17) is 4.52 Å². The van der Waals surface area contributed by atoms with Gasteiger partial charge in [0.05, 0.1) is 0 Å². The zero-order valence-electron chi connectivity index (χ0n) is 9.25. The second-order valence-electron chi connectivity index (χ2n) is 3.97. The standard InChI is InChI=1S/C12H14N2OS/c1-2-13-7-10-8-3-4-11-9(5-6-16-11)12(8)15-14-10/h5-6,13H,2-4,7H2,1H3. The molecule has 0 aromatic carbocycles. The van der Waals surface area contributed by atoms with E-state index in [1.165, 1.54) is 16.0 Å². The Labute approximate surface area is 98.5 Å². The van der Waals surface area contributed by atoms with Gasteiger partial charge in [-0.15, -0.1) is 11.3 Å². The molecule has 0 atom stereocenters. The maximum Gasteiger partial charge on any atom is 0.171 e. The van der Waals surface area contributed by atoms with E-state index in [0.717, 1.165) is 37.4 Å². The number of aromatic nitrogens is 1. The molecule has 0 bridgehead atoms. The summed E-state index contributed by atoms with van der Waals surface area (Å²) in [7, 11) is 0. The normalized spacial score (nSPS) is 13.6. The number of aryl methyl sites for hydroxylation is 1. The first-order valence-corrected chi connectivity index (χ1v) is 6.53. The predicted molar refractivity (Wildman–Crippen MR) is 64.6 cm³/mol. The summed E-state index contributed by atoms with van der Waals surface area (Å²) < 4.78 is 5.49. The van der Waals surface area contributed by atoms with Gasteiger partial charge in [-0.25, -0.2) is 0 Å². The molecule has 0 fully saturated rings. The fraction of sp³-hybridized carbons (Fsp3) is 0.417. The number of hydrogen-bond acceptors (Lipinski definition) is 4. The summed E-state index contributed by atoms with van der Waals surface area (Å²) >= 11 is 1.81. The van der Waals surface area contributed by atoms with Gasteiger partial charge in [0.2, 0.25) is 0 Å². The Bertz CT molecular complexity index is 501. The molecule has 0 saturated carbocycles. The number of rotatable bonds is 3. The number of nitrogens with zero attached hydrogens (tertiary/aromatic N) is 1. The largest absolute Gasteiger partial charge is 0.356 e. The Morgan fingerprint density at radius 3 is 3.31 bits per heavy atom. The van der Waals surface area contributed by atoms with Gasteiger partial charge in [-0.3, -0.25) is 0 Å². The van der Waals surface area contributed by atoms with Crippen LogP contribution >= 0.6 is 11.3 Å². The average Bonchev–Trinajstić information content (AvgIpc) is 2.91. The van der Waals surface area contributed by atoms with Crippen molar-refractivity contribution in [3.05, 3.63) is 27.6 Å². The zero-order chi connectivity index (χ0) is 11.0. The molecule has 16 heavy (non-hydrogen) atoms. The Balaban J connectivity index is 1.99. The lowest BCUT2D eigenvalue weighted by molar-refractivity contribution is 0.420. The van der Waals surface area contributed by atoms with Crippen molar-refractivity contribution in [2.24, 2.45) is 0 Å². The first kappa shape index (κ1) is 10.1. The molecule has 2 aromatic heterocycles. The first-order chi connectivity index (χ1) is 7.90. The van der Waals surface area contributed by atoms with Crippen molar-refractivity contribution in [2.45, 2.75) is 26.3 Å². The Kier molecular flexibility index (Phi) is 2.53. The first-order valence-electron chi connectivity index (χ1n) is 5.65. The van der Waals surface area contributed by atoms with Crippen LogP contribution in [0.25, 0.3) is 11.3 Å². The minimum Gasteiger partial charge on any atom is -0.356 e. The van der Waals surface area contributed by atoms with E-state index in [2.05, 4.69) is 28.8 Å². The topological polar surface area (TPSA) is 38.1 Å². The van der Waals surface area contributed by atoms with Gasteiger partial charge in [0.25, 0.3) is 0 Å². The molecule has 3 nitrogen and oxygen atoms in total. The fourth-order valence-electron chi connectivity index (χ4n) is 2.17. The van der Waals surface area contributed by atoms with Gasteiger partial charge in [-0.05, 0) is 30.8 Å². The lowest BCUT2D eigenvalue weighted by atomic mass is 9.96. The van der Waals surface area contributed by atoms with E-state index in [1.807, 2.05) is 11.3 Å². The van der Waals surface area contributed by atoms with Crippen molar-refractivity contribution >= 4 is 11.3 Å². The molecule has 2 aromatic rings. The number of thiophene rings is 1. The molecule has 2 heterocycles. The van der Waals surface area contributed by atoms with Crippen molar-refractivity contribution in [2.75, 3.05) is 6.54 Å². The summed E-state index contributed by atoms with van der Waals surface area (Å²) in [5.74, 6) is 0.996. The Morgan fingerprint density at radius 1 is 1.50 bits per heavy atom. The number of fused-ring (bicyclic) bond motifs is 3. The molecule has 1 N–H and O–H groups in total. The van der Waals surface area contributed by atoms with E-state index in [0.29, 0.717) is 0 Å². The smallest absolute Gasteiger partial charge is 0.171 e. The highest BCUT2D eigenvalue weighted by Crippen LogP contribution is 2.37. The third-order valence-corrected chi connectivity index (χ3v) is 3.98. The zero-order valence-corrected chi connectivity index (χ0v) is 10.1. The van der Waals surface area contributed by atoms with Crippen LogP contribution < -0.4 is 5.32 Å². The van der Waals surface area contributed by atoms with Crippen LogP contribution in [0.3, 0.4) is 0 Å². The van der Waals surface area contributed by atoms with Crippen LogP contribution in [-0.2, 0) is 19.4 Å². The molecular weight excluding hydrogens is 220 g/mol. The molecule has 0 spiro atoms. The lowest BCUT2D eigenvalue weighted by Crippen LogP contribution is -2.14. The Hall–Kier alpha value is -1.13. The second-order valence-corrected chi connectivity index (χ2v) is 4.98. The monoisotopic (exact) mass is 234 g/mol. The van der Waals surface area contributed by atoms with E-state index in [9.17, 15) is 0 Å². The van der Waals surface area contributed by atoms with Crippen LogP contribution in [0, 0.1) is 0 Å². The van der Waals surface area contributed by atoms with Crippen LogP contribution in [0.4, 0.5) is 0 Å². The SMILES string of the molecule is CCNCc1noc2c1CCc1sccc1-2. The van der Waals surface area contributed by atoms with Gasteiger partial charge in [0, 0.05) is 22.5 Å². The summed E-state index contributed by atoms with van der Waals surface area (Å²) in [6.07, 6.45) is 2.19. The van der Waals surface area contributed by atoms with Crippen molar-refractivity contribution in [1.82, 2.24) is 10.5 Å². The third kappa shape index (κ3) is 1.49. The molecule has 0 radical (unpaired) electrons. The maximum atomic E-state index is 5.49. The highest BCUT2D eigenvalue weighted by Gasteiger charge is 2.24. The minimum atomic E-state index is 0.814. The second kappa shape index (κ2) is 4.03. The third-order valence-electron chi connectivity index (χ3n) is 3.00. The van der Waals surface area contributed by atoms with Crippen LogP contribution in [0.5, 0.6) is 0 Å². The average molecular weight is 234 g/mol. The van der Waals surface area contributed by atoms with Crippen molar-refractivity contribution in [3.63, 3.8) is 0 Å². The minimum absolute atomic E-state index is 0.814. The van der Waals surface area contributed by atoms with Gasteiger partial charge in [-0.2, -0.15) is 0 Å². The van der Waals surface area contributed by atoms with E-state index >= 15 is 0 Å². The summed E-state index contributed by atoms with van der Waals surface area (Å²) in [4.78, 5) is 1.43. The van der Waals surface area contributed by atoms with Crippen LogP contribution in [0.1, 0.15) is 23.1 Å². The molecule has 0 aliphatic heterocycles. The highest BCUT2D eigenvalue weighted by atomic mass is 32.1. The highest BCUT2D eigenvalue weighted by molar-refractivity contribution is 7.10. The molecule has 0 saturated heterocycles. The van der Waals surface area contributed by atoms with E-state index in [-0.39, 0.29) is 0 Å². The molecular formula is C12H14N2OS.